The normalized spacial score (nSPS) is 13.3. The van der Waals surface area contributed by atoms with Crippen molar-refractivity contribution in [1.29, 1.82) is 0 Å². The number of hydrogen-bond acceptors (Lipinski definition) is 1. The fourth-order valence-electron chi connectivity index (χ4n) is 2.03. The van der Waals surface area contributed by atoms with E-state index in [1.165, 1.54) is 33.3 Å². The van der Waals surface area contributed by atoms with Crippen molar-refractivity contribution in [2.45, 2.75) is 34.1 Å². The largest absolute Gasteiger partial charge is 0.374 e. The van der Waals surface area contributed by atoms with Gasteiger partial charge >= 0.3 is 0 Å². The minimum absolute atomic E-state index is 1.16. The Morgan fingerprint density at radius 3 is 2.47 bits per heavy atom. The second kappa shape index (κ2) is 5.02. The number of anilines is 1. The summed E-state index contributed by atoms with van der Waals surface area (Å²) in [4.78, 5) is 2.34. The van der Waals surface area contributed by atoms with Gasteiger partial charge in [0.1, 0.15) is 0 Å². The summed E-state index contributed by atoms with van der Waals surface area (Å²) in [6, 6.07) is 2.28. The molecule has 2 heteroatoms. The van der Waals surface area contributed by atoms with Crippen molar-refractivity contribution in [2.75, 3.05) is 18.5 Å². The third-order valence-electron chi connectivity index (χ3n) is 2.90. The van der Waals surface area contributed by atoms with E-state index in [0.717, 1.165) is 6.54 Å². The van der Waals surface area contributed by atoms with Gasteiger partial charge in [-0.05, 0) is 43.0 Å². The van der Waals surface area contributed by atoms with Crippen LogP contribution in [0.15, 0.2) is 10.5 Å². The molecule has 0 N–H and O–H groups in total. The van der Waals surface area contributed by atoms with Crippen molar-refractivity contribution in [3.63, 3.8) is 0 Å². The predicted molar refractivity (Wildman–Crippen MR) is 71.9 cm³/mol. The monoisotopic (exact) mass is 269 g/mol. The summed E-state index contributed by atoms with van der Waals surface area (Å²) in [5, 5.41) is 0. The molecule has 1 heterocycles. The molecule has 0 bridgehead atoms. The maximum absolute atomic E-state index is 3.63. The number of rotatable bonds is 0. The Kier molecular flexibility index (Phi) is 4.21. The van der Waals surface area contributed by atoms with E-state index >= 15 is 0 Å². The number of nitrogens with zero attached hydrogens (tertiary/aromatic N) is 1. The van der Waals surface area contributed by atoms with Gasteiger partial charge in [0.05, 0.1) is 0 Å². The molecule has 0 unspecified atom stereocenters. The Morgan fingerprint density at radius 2 is 1.87 bits per heavy atom. The van der Waals surface area contributed by atoms with Crippen LogP contribution < -0.4 is 4.90 Å². The molecular formula is C13H20BrN. The van der Waals surface area contributed by atoms with Crippen molar-refractivity contribution < 1.29 is 0 Å². The lowest BCUT2D eigenvalue weighted by atomic mass is 10.0. The van der Waals surface area contributed by atoms with E-state index in [1.54, 1.807) is 0 Å². The van der Waals surface area contributed by atoms with Gasteiger partial charge in [0.25, 0.3) is 0 Å². The first-order valence-electron chi connectivity index (χ1n) is 5.61. The van der Waals surface area contributed by atoms with E-state index in [1.807, 2.05) is 13.8 Å². The van der Waals surface area contributed by atoms with E-state index < -0.39 is 0 Å². The highest BCUT2D eigenvalue weighted by molar-refractivity contribution is 9.10. The highest BCUT2D eigenvalue weighted by atomic mass is 79.9. The first kappa shape index (κ1) is 12.6. The van der Waals surface area contributed by atoms with Crippen LogP contribution >= 0.6 is 15.9 Å². The van der Waals surface area contributed by atoms with Crippen LogP contribution in [0.3, 0.4) is 0 Å². The summed E-state index contributed by atoms with van der Waals surface area (Å²) in [7, 11) is 2.17. The predicted octanol–water partition coefficient (Wildman–Crippen LogP) is 4.08. The fourth-order valence-corrected chi connectivity index (χ4v) is 2.39. The molecule has 0 radical (unpaired) electrons. The zero-order valence-electron chi connectivity index (χ0n) is 10.3. The molecule has 1 aliphatic rings. The lowest BCUT2D eigenvalue weighted by Crippen LogP contribution is -2.12. The van der Waals surface area contributed by atoms with Crippen LogP contribution in [-0.2, 0) is 6.42 Å². The standard InChI is InChI=1S/C11H14BrN.C2H6/c1-7-6-10-9(4-5-13(10)3)8(2)11(7)12;1-2/h6H,4-5H2,1-3H3;1-2H3. The zero-order valence-corrected chi connectivity index (χ0v) is 11.9. The summed E-state index contributed by atoms with van der Waals surface area (Å²) >= 11 is 3.63. The Hall–Kier alpha value is -0.500. The van der Waals surface area contributed by atoms with E-state index in [-0.39, 0.29) is 0 Å². The smallest absolute Gasteiger partial charge is 0.0403 e. The molecule has 0 amide bonds. The van der Waals surface area contributed by atoms with Crippen molar-refractivity contribution in [3.05, 3.63) is 27.2 Å². The minimum Gasteiger partial charge on any atom is -0.374 e. The summed E-state index contributed by atoms with van der Waals surface area (Å²) in [5.74, 6) is 0. The Labute approximate surface area is 102 Å². The number of likely N-dealkylation sites (N-methyl/N-ethyl adjacent to an activating group) is 1. The molecule has 1 aromatic rings. The number of aryl methyl sites for hydroxylation is 1. The highest BCUT2D eigenvalue weighted by Crippen LogP contribution is 2.35. The molecule has 0 aromatic heterocycles. The van der Waals surface area contributed by atoms with E-state index in [4.69, 9.17) is 0 Å². The number of benzene rings is 1. The second-order valence-electron chi connectivity index (χ2n) is 3.80. The molecule has 0 aliphatic carbocycles. The van der Waals surface area contributed by atoms with Gasteiger partial charge in [0.15, 0.2) is 0 Å². The molecule has 0 saturated carbocycles. The van der Waals surface area contributed by atoms with Gasteiger partial charge in [-0.25, -0.2) is 0 Å². The SMILES string of the molecule is CC.Cc1cc2c(c(C)c1Br)CCN2C. The number of fused-ring (bicyclic) bond motifs is 1. The van der Waals surface area contributed by atoms with Crippen LogP contribution in [0, 0.1) is 13.8 Å². The Morgan fingerprint density at radius 1 is 1.27 bits per heavy atom. The zero-order chi connectivity index (χ0) is 11.6. The van der Waals surface area contributed by atoms with Crippen LogP contribution in [0.2, 0.25) is 0 Å². The van der Waals surface area contributed by atoms with Crippen molar-refractivity contribution in [1.82, 2.24) is 0 Å². The summed E-state index contributed by atoms with van der Waals surface area (Å²) in [6.07, 6.45) is 1.19. The van der Waals surface area contributed by atoms with Crippen molar-refractivity contribution in [2.24, 2.45) is 0 Å². The molecule has 0 saturated heterocycles. The molecule has 0 spiro atoms. The minimum atomic E-state index is 1.16. The van der Waals surface area contributed by atoms with Crippen LogP contribution in [0.1, 0.15) is 30.5 Å². The molecule has 1 aromatic carbocycles. The van der Waals surface area contributed by atoms with Crippen LogP contribution in [0.4, 0.5) is 5.69 Å². The molecule has 84 valence electrons. The molecule has 0 fully saturated rings. The third-order valence-corrected chi connectivity index (χ3v) is 4.12. The first-order valence-corrected chi connectivity index (χ1v) is 6.40. The summed E-state index contributed by atoms with van der Waals surface area (Å²) in [5.41, 5.74) is 5.68. The average Bonchev–Trinajstić information content (AvgIpc) is 2.61. The molecule has 15 heavy (non-hydrogen) atoms. The van der Waals surface area contributed by atoms with Gasteiger partial charge in [-0.2, -0.15) is 0 Å². The number of halogens is 1. The second-order valence-corrected chi connectivity index (χ2v) is 4.59. The van der Waals surface area contributed by atoms with E-state index in [2.05, 4.69) is 47.8 Å². The lowest BCUT2D eigenvalue weighted by molar-refractivity contribution is 0.953. The maximum atomic E-state index is 3.63. The molecular weight excluding hydrogens is 250 g/mol. The molecule has 0 atom stereocenters. The highest BCUT2D eigenvalue weighted by Gasteiger charge is 2.19. The topological polar surface area (TPSA) is 3.24 Å². The molecule has 1 nitrogen and oxygen atoms in total. The Bertz CT molecular complexity index is 358. The quantitative estimate of drug-likeness (QED) is 0.686. The van der Waals surface area contributed by atoms with Gasteiger partial charge in [0, 0.05) is 23.8 Å². The van der Waals surface area contributed by atoms with E-state index in [9.17, 15) is 0 Å². The van der Waals surface area contributed by atoms with Gasteiger partial charge < -0.3 is 4.90 Å². The van der Waals surface area contributed by atoms with Gasteiger partial charge in [-0.1, -0.05) is 29.8 Å². The Balaban J connectivity index is 0.000000531. The van der Waals surface area contributed by atoms with Crippen LogP contribution in [-0.4, -0.2) is 13.6 Å². The van der Waals surface area contributed by atoms with Crippen molar-refractivity contribution in [3.8, 4) is 0 Å². The summed E-state index contributed by atoms with van der Waals surface area (Å²) in [6.45, 7) is 9.52. The average molecular weight is 270 g/mol. The van der Waals surface area contributed by atoms with Gasteiger partial charge in [-0.15, -0.1) is 0 Å². The van der Waals surface area contributed by atoms with Gasteiger partial charge in [-0.3, -0.25) is 0 Å². The lowest BCUT2D eigenvalue weighted by Gasteiger charge is -2.14. The maximum Gasteiger partial charge on any atom is 0.0403 e. The van der Waals surface area contributed by atoms with E-state index in [0.29, 0.717) is 0 Å². The van der Waals surface area contributed by atoms with Gasteiger partial charge in [0.2, 0.25) is 0 Å². The fraction of sp³-hybridized carbons (Fsp3) is 0.538. The summed E-state index contributed by atoms with van der Waals surface area (Å²) < 4.78 is 1.28. The first-order chi connectivity index (χ1) is 7.11. The third kappa shape index (κ3) is 2.20. The van der Waals surface area contributed by atoms with Crippen LogP contribution in [0.5, 0.6) is 0 Å². The van der Waals surface area contributed by atoms with Crippen LogP contribution in [0.25, 0.3) is 0 Å². The number of hydrogen-bond donors (Lipinski definition) is 0. The molecule has 1 aliphatic heterocycles. The molecule has 2 rings (SSSR count). The van der Waals surface area contributed by atoms with Crippen molar-refractivity contribution >= 4 is 21.6 Å².